The summed E-state index contributed by atoms with van der Waals surface area (Å²) in [6.45, 7) is 7.67. The monoisotopic (exact) mass is 508 g/mol. The number of hydrogen-bond donors (Lipinski definition) is 3. The van der Waals surface area contributed by atoms with Crippen molar-refractivity contribution in [2.75, 3.05) is 45.8 Å². The van der Waals surface area contributed by atoms with E-state index in [1.807, 2.05) is 45.0 Å². The number of ether oxygens (including phenoxy) is 3. The van der Waals surface area contributed by atoms with E-state index < -0.39 is 11.7 Å². The number of hydrogen-bond acceptors (Lipinski definition) is 5. The molecule has 160 valence electrons. The van der Waals surface area contributed by atoms with Gasteiger partial charge < -0.3 is 30.2 Å². The maximum atomic E-state index is 11.6. The van der Waals surface area contributed by atoms with Crippen LogP contribution in [0.1, 0.15) is 27.2 Å². The zero-order chi connectivity index (χ0) is 20.1. The predicted molar refractivity (Wildman–Crippen MR) is 123 cm³/mol. The molecule has 1 aromatic rings. The molecule has 0 spiro atoms. The summed E-state index contributed by atoms with van der Waals surface area (Å²) in [4.78, 5) is 15.8. The zero-order valence-corrected chi connectivity index (χ0v) is 19.7. The van der Waals surface area contributed by atoms with Crippen molar-refractivity contribution in [3.63, 3.8) is 0 Å². The van der Waals surface area contributed by atoms with Crippen LogP contribution >= 0.6 is 24.0 Å². The number of alkyl carbamates (subject to hydrolysis) is 1. The van der Waals surface area contributed by atoms with Gasteiger partial charge in [-0.05, 0) is 32.9 Å². The molecule has 0 saturated heterocycles. The van der Waals surface area contributed by atoms with E-state index in [2.05, 4.69) is 20.9 Å². The normalized spacial score (nSPS) is 11.2. The summed E-state index contributed by atoms with van der Waals surface area (Å²) in [6.07, 6.45) is 0.396. The standard InChI is InChI=1S/C19H32N4O4.HI/c1-19(2,3)27-18(24)22-11-10-21-17(20-4)23-15-8-6-9-16(14-15)26-13-7-12-25-5;/h6,8-9,14H,7,10-13H2,1-5H3,(H,22,24)(H2,20,21,23);1H. The van der Waals surface area contributed by atoms with Crippen LogP contribution in [0.5, 0.6) is 5.75 Å². The summed E-state index contributed by atoms with van der Waals surface area (Å²) in [5.41, 5.74) is 0.346. The lowest BCUT2D eigenvalue weighted by atomic mass is 10.2. The molecule has 0 fully saturated rings. The number of carbonyl (C=O) groups excluding carboxylic acids is 1. The fraction of sp³-hybridized carbons (Fsp3) is 0.579. The fourth-order valence-corrected chi connectivity index (χ4v) is 2.03. The maximum absolute atomic E-state index is 11.6. The molecule has 0 aromatic heterocycles. The zero-order valence-electron chi connectivity index (χ0n) is 17.3. The molecular weight excluding hydrogens is 475 g/mol. The topological polar surface area (TPSA) is 93.2 Å². The van der Waals surface area contributed by atoms with Crippen molar-refractivity contribution in [1.29, 1.82) is 0 Å². The number of guanidine groups is 1. The minimum absolute atomic E-state index is 0. The van der Waals surface area contributed by atoms with Crippen LogP contribution in [0.25, 0.3) is 0 Å². The number of nitrogens with zero attached hydrogens (tertiary/aromatic N) is 1. The number of amides is 1. The Morgan fingerprint density at radius 1 is 1.14 bits per heavy atom. The third-order valence-electron chi connectivity index (χ3n) is 3.17. The van der Waals surface area contributed by atoms with Crippen LogP contribution < -0.4 is 20.7 Å². The quantitative estimate of drug-likeness (QED) is 0.205. The van der Waals surface area contributed by atoms with Gasteiger partial charge in [0.1, 0.15) is 11.4 Å². The van der Waals surface area contributed by atoms with Gasteiger partial charge >= 0.3 is 6.09 Å². The van der Waals surface area contributed by atoms with Crippen LogP contribution in [-0.4, -0.2) is 58.1 Å². The van der Waals surface area contributed by atoms with Gasteiger partial charge in [0.2, 0.25) is 0 Å². The number of aliphatic imine (C=N–C) groups is 1. The maximum Gasteiger partial charge on any atom is 0.407 e. The minimum atomic E-state index is -0.508. The van der Waals surface area contributed by atoms with E-state index >= 15 is 0 Å². The van der Waals surface area contributed by atoms with Crippen molar-refractivity contribution in [2.24, 2.45) is 4.99 Å². The van der Waals surface area contributed by atoms with E-state index in [9.17, 15) is 4.79 Å². The number of benzene rings is 1. The van der Waals surface area contributed by atoms with Gasteiger partial charge in [0.15, 0.2) is 5.96 Å². The van der Waals surface area contributed by atoms with Gasteiger partial charge in [-0.25, -0.2) is 4.79 Å². The highest BCUT2D eigenvalue weighted by Gasteiger charge is 2.15. The molecule has 0 unspecified atom stereocenters. The molecule has 0 aliphatic carbocycles. The number of methoxy groups -OCH3 is 1. The average molecular weight is 508 g/mol. The molecule has 9 heteroatoms. The van der Waals surface area contributed by atoms with Crippen molar-refractivity contribution >= 4 is 41.7 Å². The van der Waals surface area contributed by atoms with E-state index in [4.69, 9.17) is 14.2 Å². The van der Waals surface area contributed by atoms with Crippen molar-refractivity contribution in [3.8, 4) is 5.75 Å². The molecule has 1 amide bonds. The van der Waals surface area contributed by atoms with Crippen molar-refractivity contribution in [1.82, 2.24) is 10.6 Å². The van der Waals surface area contributed by atoms with Gasteiger partial charge in [-0.2, -0.15) is 0 Å². The molecule has 3 N–H and O–H groups in total. The molecule has 0 saturated carbocycles. The van der Waals surface area contributed by atoms with Crippen LogP contribution in [0.2, 0.25) is 0 Å². The molecule has 0 radical (unpaired) electrons. The van der Waals surface area contributed by atoms with Crippen LogP contribution in [0.4, 0.5) is 10.5 Å². The van der Waals surface area contributed by atoms with Crippen molar-refractivity contribution in [3.05, 3.63) is 24.3 Å². The second-order valence-corrected chi connectivity index (χ2v) is 6.78. The molecule has 0 aliphatic heterocycles. The number of nitrogens with one attached hydrogen (secondary N) is 3. The summed E-state index contributed by atoms with van der Waals surface area (Å²) in [5, 5.41) is 9.00. The van der Waals surface area contributed by atoms with Gasteiger partial charge in [-0.1, -0.05) is 6.07 Å². The Labute approximate surface area is 184 Å². The fourth-order valence-electron chi connectivity index (χ4n) is 2.03. The van der Waals surface area contributed by atoms with Crippen LogP contribution in [0, 0.1) is 0 Å². The number of halogens is 1. The smallest absolute Gasteiger partial charge is 0.407 e. The van der Waals surface area contributed by atoms with Gasteiger partial charge in [-0.3, -0.25) is 4.99 Å². The van der Waals surface area contributed by atoms with Crippen LogP contribution in [0.3, 0.4) is 0 Å². The van der Waals surface area contributed by atoms with Crippen molar-refractivity contribution < 1.29 is 19.0 Å². The largest absolute Gasteiger partial charge is 0.493 e. The first-order chi connectivity index (χ1) is 12.8. The van der Waals surface area contributed by atoms with E-state index in [1.54, 1.807) is 14.2 Å². The van der Waals surface area contributed by atoms with E-state index in [-0.39, 0.29) is 24.0 Å². The Morgan fingerprint density at radius 3 is 2.50 bits per heavy atom. The van der Waals surface area contributed by atoms with Gasteiger partial charge in [0.05, 0.1) is 6.61 Å². The van der Waals surface area contributed by atoms with Crippen LogP contribution in [0.15, 0.2) is 29.3 Å². The van der Waals surface area contributed by atoms with Gasteiger partial charge in [0, 0.05) is 52.0 Å². The summed E-state index contributed by atoms with van der Waals surface area (Å²) in [6, 6.07) is 7.64. The average Bonchev–Trinajstić information content (AvgIpc) is 2.60. The molecule has 0 heterocycles. The molecule has 8 nitrogen and oxygen atoms in total. The summed E-state index contributed by atoms with van der Waals surface area (Å²) in [7, 11) is 3.36. The number of anilines is 1. The second kappa shape index (κ2) is 14.3. The highest BCUT2D eigenvalue weighted by molar-refractivity contribution is 14.0. The van der Waals surface area contributed by atoms with Gasteiger partial charge in [0.25, 0.3) is 0 Å². The van der Waals surface area contributed by atoms with Crippen molar-refractivity contribution in [2.45, 2.75) is 32.8 Å². The second-order valence-electron chi connectivity index (χ2n) is 6.78. The Morgan fingerprint density at radius 2 is 1.86 bits per heavy atom. The number of rotatable bonds is 9. The lowest BCUT2D eigenvalue weighted by Gasteiger charge is -2.20. The first-order valence-electron chi connectivity index (χ1n) is 9.00. The number of carbonyl (C=O) groups is 1. The Bertz CT molecular complexity index is 606. The van der Waals surface area contributed by atoms with E-state index in [0.29, 0.717) is 32.3 Å². The predicted octanol–water partition coefficient (Wildman–Crippen LogP) is 3.23. The highest BCUT2D eigenvalue weighted by Crippen LogP contribution is 2.17. The summed E-state index contributed by atoms with van der Waals surface area (Å²) in [5.74, 6) is 1.37. The molecule has 0 aliphatic rings. The first kappa shape index (κ1) is 26.2. The molecule has 28 heavy (non-hydrogen) atoms. The Hall–Kier alpha value is -1.75. The lowest BCUT2D eigenvalue weighted by Crippen LogP contribution is -2.39. The molecule has 1 aromatic carbocycles. The third kappa shape index (κ3) is 12.6. The third-order valence-corrected chi connectivity index (χ3v) is 3.17. The minimum Gasteiger partial charge on any atom is -0.493 e. The molecule has 0 bridgehead atoms. The molecular formula is C19H33IN4O4. The highest BCUT2D eigenvalue weighted by atomic mass is 127. The SMILES string of the molecule is CN=C(NCCNC(=O)OC(C)(C)C)Nc1cccc(OCCCOC)c1.I. The van der Waals surface area contributed by atoms with Gasteiger partial charge in [-0.15, -0.1) is 24.0 Å². The molecule has 1 rings (SSSR count). The molecule has 0 atom stereocenters. The Balaban J connectivity index is 0.00000729. The van der Waals surface area contributed by atoms with Crippen LogP contribution in [-0.2, 0) is 9.47 Å². The first-order valence-corrected chi connectivity index (χ1v) is 9.00. The lowest BCUT2D eigenvalue weighted by molar-refractivity contribution is 0.0529. The van der Waals surface area contributed by atoms with E-state index in [1.165, 1.54) is 0 Å². The summed E-state index contributed by atoms with van der Waals surface area (Å²) >= 11 is 0. The van der Waals surface area contributed by atoms with E-state index in [0.717, 1.165) is 17.9 Å². The summed E-state index contributed by atoms with van der Waals surface area (Å²) < 4.78 is 15.9. The Kier molecular flexibility index (Phi) is 13.4.